The number of hydrogen-bond donors (Lipinski definition) is 2. The van der Waals surface area contributed by atoms with Crippen molar-refractivity contribution in [3.05, 3.63) is 67.9 Å². The molecule has 0 aromatic carbocycles. The van der Waals surface area contributed by atoms with Gasteiger partial charge in [-0.2, -0.15) is 0 Å². The SMILES string of the molecule is COc1cc(C)[nH]c(=O)c1CNC(=O)c1cc2cc(Cl)cn2c(C(C)N2CCC(N(C)C)CC2)c1C. The lowest BCUT2D eigenvalue weighted by molar-refractivity contribution is 0.0948. The Bertz CT molecular complexity index is 1320. The van der Waals surface area contributed by atoms with Gasteiger partial charge in [0.25, 0.3) is 11.5 Å². The molecule has 1 unspecified atom stereocenters. The second kappa shape index (κ2) is 10.7. The number of rotatable bonds is 7. The van der Waals surface area contributed by atoms with Crippen molar-refractivity contribution < 1.29 is 9.53 Å². The number of nitrogens with one attached hydrogen (secondary N) is 2. The van der Waals surface area contributed by atoms with Crippen LogP contribution >= 0.6 is 11.6 Å². The smallest absolute Gasteiger partial charge is 0.256 e. The van der Waals surface area contributed by atoms with Crippen molar-refractivity contribution in [2.75, 3.05) is 34.3 Å². The molecule has 0 saturated carbocycles. The molecular weight excluding hydrogens is 478 g/mol. The fourth-order valence-corrected chi connectivity index (χ4v) is 5.56. The summed E-state index contributed by atoms with van der Waals surface area (Å²) < 4.78 is 7.47. The molecule has 0 radical (unpaired) electrons. The molecule has 3 aromatic heterocycles. The quantitative estimate of drug-likeness (QED) is 0.500. The number of nitrogens with zero attached hydrogens (tertiary/aromatic N) is 3. The number of ether oxygens (including phenoxy) is 1. The van der Waals surface area contributed by atoms with Gasteiger partial charge in [-0.1, -0.05) is 11.6 Å². The molecule has 0 aliphatic carbocycles. The van der Waals surface area contributed by atoms with Crippen LogP contribution in [0.4, 0.5) is 0 Å². The van der Waals surface area contributed by atoms with Crippen LogP contribution in [0.5, 0.6) is 5.75 Å². The van der Waals surface area contributed by atoms with E-state index in [1.165, 1.54) is 7.11 Å². The summed E-state index contributed by atoms with van der Waals surface area (Å²) in [5.41, 5.74) is 4.22. The third-order valence-electron chi connectivity index (χ3n) is 7.45. The molecule has 0 spiro atoms. The number of amides is 1. The second-order valence-electron chi connectivity index (χ2n) is 9.94. The number of aryl methyl sites for hydroxylation is 1. The van der Waals surface area contributed by atoms with Crippen LogP contribution in [0.3, 0.4) is 0 Å². The zero-order valence-corrected chi connectivity index (χ0v) is 22.7. The number of hydrogen-bond acceptors (Lipinski definition) is 5. The largest absolute Gasteiger partial charge is 0.496 e. The minimum atomic E-state index is -0.270. The van der Waals surface area contributed by atoms with Crippen LogP contribution in [0.25, 0.3) is 5.52 Å². The van der Waals surface area contributed by atoms with Crippen LogP contribution in [-0.2, 0) is 6.54 Å². The van der Waals surface area contributed by atoms with Crippen molar-refractivity contribution in [3.8, 4) is 5.75 Å². The first-order chi connectivity index (χ1) is 17.1. The Labute approximate surface area is 217 Å². The van der Waals surface area contributed by atoms with E-state index in [9.17, 15) is 9.59 Å². The molecule has 4 rings (SSSR count). The number of methoxy groups -OCH3 is 1. The molecular formula is C27H36ClN5O3. The van der Waals surface area contributed by atoms with Crippen molar-refractivity contribution in [3.63, 3.8) is 0 Å². The molecule has 1 fully saturated rings. The summed E-state index contributed by atoms with van der Waals surface area (Å²) >= 11 is 6.40. The molecule has 1 atom stereocenters. The van der Waals surface area contributed by atoms with Crippen molar-refractivity contribution in [1.29, 1.82) is 0 Å². The maximum atomic E-state index is 13.4. The zero-order valence-electron chi connectivity index (χ0n) is 21.9. The first kappa shape index (κ1) is 26.3. The average molecular weight is 514 g/mol. The van der Waals surface area contributed by atoms with E-state index in [-0.39, 0.29) is 24.1 Å². The Hall–Kier alpha value is -2.81. The lowest BCUT2D eigenvalue weighted by Gasteiger charge is -2.39. The van der Waals surface area contributed by atoms with Gasteiger partial charge in [-0.15, -0.1) is 0 Å². The Morgan fingerprint density at radius 3 is 2.58 bits per heavy atom. The van der Waals surface area contributed by atoms with E-state index in [0.717, 1.165) is 42.7 Å². The second-order valence-corrected chi connectivity index (χ2v) is 10.4. The van der Waals surface area contributed by atoms with Gasteiger partial charge in [-0.05, 0) is 71.5 Å². The first-order valence-electron chi connectivity index (χ1n) is 12.4. The summed E-state index contributed by atoms with van der Waals surface area (Å²) in [4.78, 5) is 33.4. The number of H-pyrrole nitrogens is 1. The number of halogens is 1. The van der Waals surface area contributed by atoms with Gasteiger partial charge in [-0.25, -0.2) is 0 Å². The summed E-state index contributed by atoms with van der Waals surface area (Å²) in [5, 5.41) is 3.55. The Morgan fingerprint density at radius 1 is 1.25 bits per heavy atom. The van der Waals surface area contributed by atoms with Gasteiger partial charge in [0, 0.05) is 53.8 Å². The summed E-state index contributed by atoms with van der Waals surface area (Å²) in [6, 6.07) is 6.19. The molecule has 1 aliphatic heterocycles. The molecule has 9 heteroatoms. The van der Waals surface area contributed by atoms with Crippen LogP contribution in [0, 0.1) is 13.8 Å². The minimum absolute atomic E-state index is 0.0624. The highest BCUT2D eigenvalue weighted by Gasteiger charge is 2.28. The van der Waals surface area contributed by atoms with Crippen LogP contribution in [-0.4, -0.2) is 65.4 Å². The molecule has 194 valence electrons. The number of likely N-dealkylation sites (tertiary alicyclic amines) is 1. The van der Waals surface area contributed by atoms with E-state index >= 15 is 0 Å². The van der Waals surface area contributed by atoms with Crippen molar-refractivity contribution in [2.24, 2.45) is 0 Å². The maximum Gasteiger partial charge on any atom is 0.256 e. The predicted molar refractivity (Wildman–Crippen MR) is 143 cm³/mol. The molecule has 0 bridgehead atoms. The van der Waals surface area contributed by atoms with Gasteiger partial charge in [0.15, 0.2) is 0 Å². The van der Waals surface area contributed by atoms with Crippen LogP contribution in [0.15, 0.2) is 29.2 Å². The topological polar surface area (TPSA) is 82.1 Å². The standard InChI is InChI=1S/C27H36ClN5O3/c1-16-11-24(36-6)23(27(35)30-16)14-29-26(34)22-13-21-12-19(28)15-33(21)25(17(22)2)18(3)32-9-7-20(8-10-32)31(4)5/h11-13,15,18,20H,7-10,14H2,1-6H3,(H,29,34)(H,30,35). The lowest BCUT2D eigenvalue weighted by atomic mass is 9.97. The molecule has 1 aliphatic rings. The highest BCUT2D eigenvalue weighted by atomic mass is 35.5. The molecule has 2 N–H and O–H groups in total. The number of carbonyl (C=O) groups is 1. The van der Waals surface area contributed by atoms with Crippen molar-refractivity contribution in [1.82, 2.24) is 24.5 Å². The van der Waals surface area contributed by atoms with Crippen molar-refractivity contribution in [2.45, 2.75) is 52.2 Å². The maximum absolute atomic E-state index is 13.4. The number of fused-ring (bicyclic) bond motifs is 1. The predicted octanol–water partition coefficient (Wildman–Crippen LogP) is 3.92. The molecule has 1 amide bonds. The van der Waals surface area contributed by atoms with Crippen LogP contribution in [0.2, 0.25) is 5.02 Å². The summed E-state index contributed by atoms with van der Waals surface area (Å²) in [7, 11) is 5.80. The van der Waals surface area contributed by atoms with Gasteiger partial charge in [0.1, 0.15) is 5.75 Å². The summed E-state index contributed by atoms with van der Waals surface area (Å²) in [5.74, 6) is 0.214. The van der Waals surface area contributed by atoms with E-state index in [1.807, 2.05) is 25.3 Å². The number of carbonyl (C=O) groups excluding carboxylic acids is 1. The van der Waals surface area contributed by atoms with Crippen LogP contribution < -0.4 is 15.6 Å². The van der Waals surface area contributed by atoms with E-state index in [2.05, 4.69) is 45.5 Å². The molecule has 4 heterocycles. The number of aromatic amines is 1. The van der Waals surface area contributed by atoms with Gasteiger partial charge in [0.2, 0.25) is 0 Å². The number of aromatic nitrogens is 2. The Morgan fingerprint density at radius 2 is 1.94 bits per heavy atom. The average Bonchev–Trinajstić information content (AvgIpc) is 3.21. The third-order valence-corrected chi connectivity index (χ3v) is 7.66. The molecule has 36 heavy (non-hydrogen) atoms. The summed E-state index contributed by atoms with van der Waals surface area (Å²) in [6.07, 6.45) is 4.14. The van der Waals surface area contributed by atoms with Gasteiger partial charge in [0.05, 0.1) is 24.2 Å². The number of piperidine rings is 1. The lowest BCUT2D eigenvalue weighted by Crippen LogP contribution is -2.43. The monoisotopic (exact) mass is 513 g/mol. The minimum Gasteiger partial charge on any atom is -0.496 e. The highest BCUT2D eigenvalue weighted by molar-refractivity contribution is 6.31. The Kier molecular flexibility index (Phi) is 7.78. The zero-order chi connectivity index (χ0) is 26.1. The van der Waals surface area contributed by atoms with E-state index in [4.69, 9.17) is 16.3 Å². The van der Waals surface area contributed by atoms with Gasteiger partial charge >= 0.3 is 0 Å². The normalized spacial score (nSPS) is 16.0. The van der Waals surface area contributed by atoms with Gasteiger partial charge in [-0.3, -0.25) is 14.5 Å². The Balaban J connectivity index is 1.64. The fourth-order valence-electron chi connectivity index (χ4n) is 5.35. The highest BCUT2D eigenvalue weighted by Crippen LogP contribution is 2.32. The van der Waals surface area contributed by atoms with E-state index < -0.39 is 0 Å². The fraction of sp³-hybridized carbons (Fsp3) is 0.481. The third kappa shape index (κ3) is 5.16. The van der Waals surface area contributed by atoms with Crippen molar-refractivity contribution >= 4 is 23.0 Å². The molecule has 1 saturated heterocycles. The van der Waals surface area contributed by atoms with Gasteiger partial charge < -0.3 is 24.3 Å². The summed E-state index contributed by atoms with van der Waals surface area (Å²) in [6.45, 7) is 8.02. The van der Waals surface area contributed by atoms with E-state index in [0.29, 0.717) is 33.6 Å². The van der Waals surface area contributed by atoms with E-state index in [1.54, 1.807) is 13.0 Å². The van der Waals surface area contributed by atoms with Crippen LogP contribution in [0.1, 0.15) is 58.7 Å². The number of pyridine rings is 2. The molecule has 3 aromatic rings. The first-order valence-corrected chi connectivity index (χ1v) is 12.7. The molecule has 8 nitrogen and oxygen atoms in total.